The van der Waals surface area contributed by atoms with Crippen LogP contribution in [0.1, 0.15) is 24.8 Å². The molecule has 1 aromatic heterocycles. The lowest BCUT2D eigenvalue weighted by Crippen LogP contribution is -2.45. The fraction of sp³-hybridized carbons (Fsp3) is 0.222. The van der Waals surface area contributed by atoms with Gasteiger partial charge < -0.3 is 5.73 Å². The number of tetrazole rings is 1. The van der Waals surface area contributed by atoms with Crippen molar-refractivity contribution in [2.75, 3.05) is 4.31 Å². The molecule has 3 aromatic rings. The van der Waals surface area contributed by atoms with Crippen LogP contribution in [0.5, 0.6) is 0 Å². The molecule has 2 unspecified atom stereocenters. The number of benzene rings is 2. The van der Waals surface area contributed by atoms with E-state index in [1.165, 1.54) is 27.4 Å². The van der Waals surface area contributed by atoms with Gasteiger partial charge in [0.1, 0.15) is 6.33 Å². The van der Waals surface area contributed by atoms with Gasteiger partial charge in [0, 0.05) is 6.04 Å². The van der Waals surface area contributed by atoms with Gasteiger partial charge in [0.05, 0.1) is 22.2 Å². The molecule has 0 fully saturated rings. The predicted octanol–water partition coefficient (Wildman–Crippen LogP) is 1.22. The van der Waals surface area contributed by atoms with Gasteiger partial charge in [-0.25, -0.2) is 13.1 Å². The highest BCUT2D eigenvalue weighted by Gasteiger charge is 2.39. The van der Waals surface area contributed by atoms with E-state index in [-0.39, 0.29) is 4.90 Å². The van der Waals surface area contributed by atoms with Crippen molar-refractivity contribution in [1.82, 2.24) is 20.2 Å². The van der Waals surface area contributed by atoms with E-state index in [1.807, 2.05) is 0 Å². The number of carbonyl (C=O) groups is 1. The Kier molecular flexibility index (Phi) is 4.34. The van der Waals surface area contributed by atoms with Crippen molar-refractivity contribution in [2.45, 2.75) is 30.2 Å². The zero-order chi connectivity index (χ0) is 19.9. The Morgan fingerprint density at radius 2 is 1.96 bits per heavy atom. The molecule has 0 spiro atoms. The summed E-state index contributed by atoms with van der Waals surface area (Å²) in [6.45, 7) is 1.77. The van der Waals surface area contributed by atoms with Crippen LogP contribution in [0.4, 0.5) is 5.69 Å². The van der Waals surface area contributed by atoms with Gasteiger partial charge in [0.25, 0.3) is 10.0 Å². The summed E-state index contributed by atoms with van der Waals surface area (Å²) >= 11 is 0. The molecule has 0 aliphatic carbocycles. The summed E-state index contributed by atoms with van der Waals surface area (Å²) in [6.07, 6.45) is 1.71. The fourth-order valence-electron chi connectivity index (χ4n) is 3.60. The minimum atomic E-state index is -3.89. The number of fused-ring (bicyclic) bond motifs is 1. The van der Waals surface area contributed by atoms with E-state index in [2.05, 4.69) is 15.5 Å². The number of carbonyl (C=O) groups excluding carboxylic acids is 1. The number of sulfonamides is 1. The summed E-state index contributed by atoms with van der Waals surface area (Å²) in [6, 6.07) is 12.9. The second kappa shape index (κ2) is 6.71. The Morgan fingerprint density at radius 1 is 1.18 bits per heavy atom. The van der Waals surface area contributed by atoms with Crippen LogP contribution in [0.25, 0.3) is 5.69 Å². The molecular formula is C18H18N6O3S. The molecule has 0 bridgehead atoms. The smallest absolute Gasteiger partial charge is 0.264 e. The van der Waals surface area contributed by atoms with Crippen molar-refractivity contribution < 1.29 is 13.2 Å². The SMILES string of the molecule is CC1CC(C(N)=O)c2ccccc2N1S(=O)(=O)c1cccc(-n2cnnn2)c1. The third-order valence-corrected chi connectivity index (χ3v) is 6.78. The second-order valence-corrected chi connectivity index (χ2v) is 8.47. The molecule has 0 radical (unpaired) electrons. The predicted molar refractivity (Wildman–Crippen MR) is 101 cm³/mol. The van der Waals surface area contributed by atoms with E-state index < -0.39 is 27.9 Å². The first kappa shape index (κ1) is 18.1. The molecule has 0 saturated carbocycles. The molecule has 1 amide bonds. The van der Waals surface area contributed by atoms with Crippen LogP contribution in [0, 0.1) is 0 Å². The maximum absolute atomic E-state index is 13.5. The van der Waals surface area contributed by atoms with E-state index in [0.717, 1.165) is 0 Å². The summed E-state index contributed by atoms with van der Waals surface area (Å²) < 4.78 is 29.8. The summed E-state index contributed by atoms with van der Waals surface area (Å²) in [7, 11) is -3.89. The molecule has 4 rings (SSSR count). The van der Waals surface area contributed by atoms with E-state index in [9.17, 15) is 13.2 Å². The molecule has 2 atom stereocenters. The highest BCUT2D eigenvalue weighted by atomic mass is 32.2. The Hall–Kier alpha value is -3.27. The minimum Gasteiger partial charge on any atom is -0.369 e. The molecular weight excluding hydrogens is 380 g/mol. The summed E-state index contributed by atoms with van der Waals surface area (Å²) in [5.41, 5.74) is 7.17. The summed E-state index contributed by atoms with van der Waals surface area (Å²) in [5, 5.41) is 10.9. The van der Waals surface area contributed by atoms with Gasteiger partial charge >= 0.3 is 0 Å². The van der Waals surface area contributed by atoms with Crippen molar-refractivity contribution in [3.8, 4) is 5.69 Å². The topological polar surface area (TPSA) is 124 Å². The molecule has 144 valence electrons. The van der Waals surface area contributed by atoms with Gasteiger partial charge in [-0.1, -0.05) is 24.3 Å². The van der Waals surface area contributed by atoms with Crippen LogP contribution >= 0.6 is 0 Å². The third kappa shape index (κ3) is 2.91. The van der Waals surface area contributed by atoms with Crippen LogP contribution in [-0.2, 0) is 14.8 Å². The lowest BCUT2D eigenvalue weighted by atomic mass is 9.87. The number of amides is 1. The molecule has 2 aromatic carbocycles. The van der Waals surface area contributed by atoms with Crippen molar-refractivity contribution in [3.05, 3.63) is 60.4 Å². The maximum atomic E-state index is 13.5. The van der Waals surface area contributed by atoms with Crippen molar-refractivity contribution in [3.63, 3.8) is 0 Å². The van der Waals surface area contributed by atoms with Crippen molar-refractivity contribution in [2.24, 2.45) is 5.73 Å². The van der Waals surface area contributed by atoms with Crippen molar-refractivity contribution >= 4 is 21.6 Å². The van der Waals surface area contributed by atoms with Gasteiger partial charge in [-0.2, -0.15) is 0 Å². The molecule has 1 aliphatic heterocycles. The Labute approximate surface area is 161 Å². The summed E-state index contributed by atoms with van der Waals surface area (Å²) in [4.78, 5) is 12.0. The Bertz CT molecular complexity index is 1130. The van der Waals surface area contributed by atoms with Gasteiger partial charge in [0.15, 0.2) is 0 Å². The number of nitrogens with two attached hydrogens (primary N) is 1. The number of primary amides is 1. The molecule has 28 heavy (non-hydrogen) atoms. The lowest BCUT2D eigenvalue weighted by Gasteiger charge is -2.38. The van der Waals surface area contributed by atoms with E-state index >= 15 is 0 Å². The highest BCUT2D eigenvalue weighted by Crippen LogP contribution is 2.41. The number of hydrogen-bond donors (Lipinski definition) is 1. The summed E-state index contributed by atoms with van der Waals surface area (Å²) in [5.74, 6) is -0.984. The van der Waals surface area contributed by atoms with Gasteiger partial charge in [0.2, 0.25) is 5.91 Å². The quantitative estimate of drug-likeness (QED) is 0.705. The molecule has 0 saturated heterocycles. The fourth-order valence-corrected chi connectivity index (χ4v) is 5.33. The number of hydrogen-bond acceptors (Lipinski definition) is 6. The normalized spacial score (nSPS) is 19.2. The average molecular weight is 398 g/mol. The zero-order valence-electron chi connectivity index (χ0n) is 15.0. The largest absolute Gasteiger partial charge is 0.369 e. The van der Waals surface area contributed by atoms with Crippen LogP contribution < -0.4 is 10.0 Å². The number of rotatable bonds is 4. The van der Waals surface area contributed by atoms with E-state index in [0.29, 0.717) is 23.4 Å². The van der Waals surface area contributed by atoms with Crippen molar-refractivity contribution in [1.29, 1.82) is 0 Å². The van der Waals surface area contributed by atoms with Crippen LogP contribution in [0.3, 0.4) is 0 Å². The van der Waals surface area contributed by atoms with E-state index in [1.54, 1.807) is 43.3 Å². The monoisotopic (exact) mass is 398 g/mol. The molecule has 2 heterocycles. The first-order valence-electron chi connectivity index (χ1n) is 8.65. The Morgan fingerprint density at radius 3 is 2.68 bits per heavy atom. The number of aromatic nitrogens is 4. The first-order valence-corrected chi connectivity index (χ1v) is 10.1. The Balaban J connectivity index is 1.82. The number of nitrogens with zero attached hydrogens (tertiary/aromatic N) is 5. The molecule has 10 heteroatoms. The van der Waals surface area contributed by atoms with Crippen LogP contribution in [0.2, 0.25) is 0 Å². The lowest BCUT2D eigenvalue weighted by molar-refractivity contribution is -0.119. The molecule has 2 N–H and O–H groups in total. The third-order valence-electron chi connectivity index (χ3n) is 4.86. The number of para-hydroxylation sites is 1. The second-order valence-electron chi connectivity index (χ2n) is 6.65. The minimum absolute atomic E-state index is 0.111. The van der Waals surface area contributed by atoms with Gasteiger partial charge in [-0.05, 0) is 53.6 Å². The highest BCUT2D eigenvalue weighted by molar-refractivity contribution is 7.92. The number of anilines is 1. The maximum Gasteiger partial charge on any atom is 0.264 e. The first-order chi connectivity index (χ1) is 13.4. The average Bonchev–Trinajstić information content (AvgIpc) is 3.22. The molecule has 9 nitrogen and oxygen atoms in total. The van der Waals surface area contributed by atoms with E-state index in [4.69, 9.17) is 5.73 Å². The van der Waals surface area contributed by atoms with Crippen LogP contribution in [-0.4, -0.2) is 40.6 Å². The van der Waals surface area contributed by atoms with Crippen LogP contribution in [0.15, 0.2) is 59.8 Å². The van der Waals surface area contributed by atoms with Gasteiger partial charge in [-0.3, -0.25) is 9.10 Å². The zero-order valence-corrected chi connectivity index (χ0v) is 15.8. The molecule has 1 aliphatic rings. The van der Waals surface area contributed by atoms with Gasteiger partial charge in [-0.15, -0.1) is 5.10 Å². The standard InChI is InChI=1S/C18H18N6O3S/c1-12-9-16(18(19)25)15-7-2-3-8-17(15)24(12)28(26,27)14-6-4-5-13(10-14)23-11-20-21-22-23/h2-8,10-12,16H,9H2,1H3,(H2,19,25).